The fraction of sp³-hybridized carbons (Fsp3) is 0.898. The molecule has 6 aliphatic rings. The van der Waals surface area contributed by atoms with Crippen LogP contribution in [-0.2, 0) is 80.8 Å². The summed E-state index contributed by atoms with van der Waals surface area (Å²) in [5, 5.41) is 229. The summed E-state index contributed by atoms with van der Waals surface area (Å²) in [6, 6.07) is -6.73. The quantitative estimate of drug-likeness (QED) is 0.0309. The fourth-order valence-electron chi connectivity index (χ4n) is 11.0. The molecule has 41 nitrogen and oxygen atoms in total. The van der Waals surface area contributed by atoms with Gasteiger partial charge in [-0.3, -0.25) is 19.2 Å². The molecule has 90 heavy (non-hydrogen) atoms. The molecule has 32 atom stereocenters. The molecule has 23 N–H and O–H groups in total. The average molecular weight is 1320 g/mol. The topological polar surface area (TPSA) is 652 Å². The lowest BCUT2D eigenvalue weighted by Crippen LogP contribution is -2.73. The molecule has 6 aliphatic heterocycles. The zero-order valence-electron chi connectivity index (χ0n) is 47.9. The number of carbonyl (C=O) groups is 5. The second-order valence-corrected chi connectivity index (χ2v) is 21.9. The van der Waals surface area contributed by atoms with Gasteiger partial charge in [0.1, 0.15) is 153 Å². The van der Waals surface area contributed by atoms with Gasteiger partial charge in [-0.1, -0.05) is 0 Å². The van der Waals surface area contributed by atoms with Crippen molar-refractivity contribution in [3.63, 3.8) is 0 Å². The average Bonchev–Trinajstić information content (AvgIpc) is 1.05. The number of aliphatic hydroxyl groups excluding tert-OH is 19. The lowest BCUT2D eigenvalue weighted by Gasteiger charge is -2.54. The van der Waals surface area contributed by atoms with Gasteiger partial charge in [-0.2, -0.15) is 0 Å². The number of carbonyl (C=O) groups excluding carboxylic acids is 5. The highest BCUT2D eigenvalue weighted by atomic mass is 16.8. The molecule has 0 aromatic heterocycles. The molecular formula is C49H81N4O37-. The van der Waals surface area contributed by atoms with E-state index in [1.807, 2.05) is 0 Å². The minimum Gasteiger partial charge on any atom is -0.544 e. The van der Waals surface area contributed by atoms with Crippen LogP contribution in [0.3, 0.4) is 0 Å². The maximum atomic E-state index is 13.6. The van der Waals surface area contributed by atoms with Crippen LogP contribution < -0.4 is 26.4 Å². The Morgan fingerprint density at radius 1 is 0.533 bits per heavy atom. The van der Waals surface area contributed by atoms with Gasteiger partial charge in [0.15, 0.2) is 31.5 Å². The number of aliphatic hydroxyl groups is 19. The standard InChI is InChI=1S/C49H82N4O37/c1-14(63)51-26-31(71)29(69)19(6-56)80-43(26)85-37-22(9-59)83-46(35(75)33(37)73)88-40-27(52-15(2)64)44(81-20(7-57)30(40)70)87-39-23(10-60)84-47(86-38-21(8-58)82-45(34(74)32(38)72)79-12-16(4-54)50-13-62)36(76)42(39)90-49(48(77)78)3-17(65)25(53-24(67)11-61)41(89-49)28(68)18(66)5-55/h13,16-23,25-47,54-61,65-66,68-76H,3-12H2,1-2H3,(H,50,62)(H,51,63)(H,52,64)(H,53,67)(H,77,78)/p-1/t16-,17+,18-,19-,20-,21-,22-,23-,25-,26-,27-,28-,29+,30+,31-,32-,33-,34-,35-,36-,37+,38-,39+,40-,41-,42-,43+,44+,45-,46+,47+,49+/m1/s1. The first-order chi connectivity index (χ1) is 42.6. The fourth-order valence-corrected chi connectivity index (χ4v) is 11.0. The Bertz CT molecular complexity index is 2290. The van der Waals surface area contributed by atoms with E-state index < -0.39 is 285 Å². The van der Waals surface area contributed by atoms with Crippen LogP contribution in [0.1, 0.15) is 20.3 Å². The predicted molar refractivity (Wildman–Crippen MR) is 274 cm³/mol. The lowest BCUT2D eigenvalue weighted by atomic mass is 9.88. The summed E-state index contributed by atoms with van der Waals surface area (Å²) in [4.78, 5) is 62.3. The molecule has 0 radical (unpaired) electrons. The summed E-state index contributed by atoms with van der Waals surface area (Å²) >= 11 is 0. The zero-order chi connectivity index (χ0) is 66.8. The molecule has 0 saturated carbocycles. The van der Waals surface area contributed by atoms with Gasteiger partial charge < -0.3 is 185 Å². The molecule has 41 heteroatoms. The third-order valence-electron chi connectivity index (χ3n) is 15.7. The molecule has 0 aromatic carbocycles. The normalized spacial score (nSPS) is 43.5. The molecule has 6 rings (SSSR count). The van der Waals surface area contributed by atoms with Crippen molar-refractivity contribution in [2.45, 2.75) is 216 Å². The molecule has 0 aromatic rings. The molecule has 6 saturated heterocycles. The number of nitrogens with one attached hydrogen (secondary N) is 4. The van der Waals surface area contributed by atoms with E-state index >= 15 is 0 Å². The summed E-state index contributed by atoms with van der Waals surface area (Å²) in [5.74, 6) is -9.17. The molecule has 4 amide bonds. The van der Waals surface area contributed by atoms with E-state index in [0.29, 0.717) is 0 Å². The summed E-state index contributed by atoms with van der Waals surface area (Å²) in [5.41, 5.74) is 0. The second-order valence-electron chi connectivity index (χ2n) is 21.9. The molecule has 6 fully saturated rings. The van der Waals surface area contributed by atoms with Crippen LogP contribution in [0.4, 0.5) is 0 Å². The van der Waals surface area contributed by atoms with E-state index in [9.17, 15) is 126 Å². The Morgan fingerprint density at radius 2 is 1.00 bits per heavy atom. The van der Waals surface area contributed by atoms with E-state index in [2.05, 4.69) is 21.3 Å². The maximum Gasteiger partial charge on any atom is 0.246 e. The van der Waals surface area contributed by atoms with Crippen LogP contribution in [0, 0.1) is 0 Å². The number of aliphatic carboxylic acids is 1. The number of amides is 4. The lowest BCUT2D eigenvalue weighted by molar-refractivity contribution is -0.421. The van der Waals surface area contributed by atoms with Gasteiger partial charge in [-0.15, -0.1) is 0 Å². The smallest absolute Gasteiger partial charge is 0.246 e. The van der Waals surface area contributed by atoms with Crippen LogP contribution in [0.5, 0.6) is 0 Å². The van der Waals surface area contributed by atoms with Crippen LogP contribution in [0.15, 0.2) is 0 Å². The number of rotatable bonds is 29. The number of ether oxygens (including phenoxy) is 12. The van der Waals surface area contributed by atoms with Gasteiger partial charge in [0.05, 0.1) is 71.0 Å². The zero-order valence-corrected chi connectivity index (χ0v) is 47.9. The maximum absolute atomic E-state index is 13.6. The van der Waals surface area contributed by atoms with Crippen LogP contribution >= 0.6 is 0 Å². The van der Waals surface area contributed by atoms with Crippen molar-refractivity contribution in [1.82, 2.24) is 21.3 Å². The number of carboxylic acid groups (broad SMARTS) is 1. The SMILES string of the molecule is CC(=O)N[C@H]1[C@H](O[C@@H]2[C@H](O)[C@@H](O)[C@H](O[C@H]3[C@@H](O)[C@@H](CO)O[C@@H](O[C@@H]4[C@H](O[C@]5(C(=O)[O-])C[C@H](O)[C@@H](NC(=O)CO)[C@H]([C@H](O)[C@H](O)CO)O5)[C@@H](O)[C@H](O[C@H]5[C@H](O)[C@@H](O)[C@H](OC[C@@H](CO)NC=O)O[C@@H]5CO)O[C@@H]4CO)[C@@H]3NC(C)=O)O[C@@H]2CO)O[C@H](CO)[C@H](O)[C@@H]1O. The molecular weight excluding hydrogens is 1240 g/mol. The van der Waals surface area contributed by atoms with Gasteiger partial charge in [0.2, 0.25) is 29.9 Å². The van der Waals surface area contributed by atoms with Crippen LogP contribution in [-0.4, -0.2) is 382 Å². The van der Waals surface area contributed by atoms with Crippen molar-refractivity contribution in [2.24, 2.45) is 0 Å². The first kappa shape index (κ1) is 75.1. The summed E-state index contributed by atoms with van der Waals surface area (Å²) in [6.45, 7) is -7.55. The third-order valence-corrected chi connectivity index (χ3v) is 15.7. The Kier molecular flexibility index (Phi) is 28.0. The monoisotopic (exact) mass is 1320 g/mol. The highest BCUT2D eigenvalue weighted by Gasteiger charge is 2.61. The minimum absolute atomic E-state index is 0.217. The van der Waals surface area contributed by atoms with Gasteiger partial charge in [-0.05, 0) is 0 Å². The van der Waals surface area contributed by atoms with Gasteiger partial charge in [-0.25, -0.2) is 0 Å². The second kappa shape index (κ2) is 33.5. The molecule has 0 bridgehead atoms. The van der Waals surface area contributed by atoms with Crippen molar-refractivity contribution >= 4 is 30.1 Å². The Morgan fingerprint density at radius 3 is 1.51 bits per heavy atom. The predicted octanol–water partition coefficient (Wildman–Crippen LogP) is -17.7. The molecule has 0 spiro atoms. The summed E-state index contributed by atoms with van der Waals surface area (Å²) in [6.07, 6.45) is -59.0. The van der Waals surface area contributed by atoms with Crippen molar-refractivity contribution < 1.29 is 183 Å². The van der Waals surface area contributed by atoms with E-state index in [-0.39, 0.29) is 6.41 Å². The molecule has 0 unspecified atom stereocenters. The number of carboxylic acids is 1. The minimum atomic E-state index is -3.60. The molecule has 0 aliphatic carbocycles. The van der Waals surface area contributed by atoms with Gasteiger partial charge >= 0.3 is 0 Å². The Labute approximate surface area is 508 Å². The number of hydrogen-bond donors (Lipinski definition) is 23. The van der Waals surface area contributed by atoms with E-state index in [1.54, 1.807) is 0 Å². The van der Waals surface area contributed by atoms with Crippen LogP contribution in [0.25, 0.3) is 0 Å². The number of hydrogen-bond acceptors (Lipinski definition) is 37. The summed E-state index contributed by atoms with van der Waals surface area (Å²) < 4.78 is 69.9. The van der Waals surface area contributed by atoms with Crippen molar-refractivity contribution in [2.75, 3.05) is 59.5 Å². The van der Waals surface area contributed by atoms with Gasteiger partial charge in [0, 0.05) is 20.3 Å². The highest BCUT2D eigenvalue weighted by Crippen LogP contribution is 2.41. The van der Waals surface area contributed by atoms with E-state index in [0.717, 1.165) is 13.8 Å². The van der Waals surface area contributed by atoms with E-state index in [4.69, 9.17) is 56.8 Å². The van der Waals surface area contributed by atoms with Crippen molar-refractivity contribution in [3.8, 4) is 0 Å². The Balaban J connectivity index is 1.38. The molecule has 520 valence electrons. The summed E-state index contributed by atoms with van der Waals surface area (Å²) in [7, 11) is 0. The Hall–Kier alpha value is -3.89. The van der Waals surface area contributed by atoms with Gasteiger partial charge in [0.25, 0.3) is 0 Å². The third kappa shape index (κ3) is 17.0. The van der Waals surface area contributed by atoms with E-state index in [1.165, 1.54) is 0 Å². The first-order valence-electron chi connectivity index (χ1n) is 28.1. The highest BCUT2D eigenvalue weighted by molar-refractivity contribution is 5.78. The first-order valence-corrected chi connectivity index (χ1v) is 28.1. The largest absolute Gasteiger partial charge is 0.544 e. The van der Waals surface area contributed by atoms with Crippen molar-refractivity contribution in [3.05, 3.63) is 0 Å². The molecule has 6 heterocycles. The van der Waals surface area contributed by atoms with Crippen LogP contribution in [0.2, 0.25) is 0 Å². The van der Waals surface area contributed by atoms with Crippen molar-refractivity contribution in [1.29, 1.82) is 0 Å².